The van der Waals surface area contributed by atoms with Crippen LogP contribution < -0.4 is 11.0 Å². The van der Waals surface area contributed by atoms with Crippen LogP contribution in [-0.2, 0) is 11.1 Å². The number of aliphatic hydroxyl groups excluding tert-OH is 1. The Hall–Kier alpha value is -2.12. The first-order valence-electron chi connectivity index (χ1n) is 7.43. The fraction of sp³-hybridized carbons (Fsp3) is 0.267. The summed E-state index contributed by atoms with van der Waals surface area (Å²) in [5.41, 5.74) is 7.73. The zero-order chi connectivity index (χ0) is 17.3. The average Bonchev–Trinajstić information content (AvgIpc) is 3.12. The Morgan fingerprint density at radius 2 is 2.04 bits per heavy atom. The van der Waals surface area contributed by atoms with Crippen molar-refractivity contribution in [3.05, 3.63) is 30.5 Å². The summed E-state index contributed by atoms with van der Waals surface area (Å²) in [5, 5.41) is 8.78. The van der Waals surface area contributed by atoms with Crippen LogP contribution in [0.1, 0.15) is 12.8 Å². The van der Waals surface area contributed by atoms with Gasteiger partial charge in [-0.1, -0.05) is 6.07 Å². The summed E-state index contributed by atoms with van der Waals surface area (Å²) < 4.78 is 18.8. The number of para-hydroxylation sites is 1. The third-order valence-corrected chi connectivity index (χ3v) is 4.74. The first-order chi connectivity index (χ1) is 11.4. The van der Waals surface area contributed by atoms with E-state index in [1.807, 2.05) is 6.07 Å². The maximum absolute atomic E-state index is 11.7. The largest absolute Gasteiger partial charge is 0.460 e. The lowest BCUT2D eigenvalue weighted by Crippen LogP contribution is -2.08. The second-order valence-corrected chi connectivity index (χ2v) is 6.98. The lowest BCUT2D eigenvalue weighted by Gasteiger charge is -2.09. The minimum Gasteiger partial charge on any atom is -0.460 e. The molecule has 0 atom stereocenters. The van der Waals surface area contributed by atoms with Crippen molar-refractivity contribution in [3.8, 4) is 11.6 Å². The number of furan rings is 1. The highest BCUT2D eigenvalue weighted by molar-refractivity contribution is 7.60. The van der Waals surface area contributed by atoms with E-state index in [4.69, 9.17) is 15.3 Å². The fourth-order valence-corrected chi connectivity index (χ4v) is 3.32. The number of hydrogen-bond acceptors (Lipinski definition) is 5. The monoisotopic (exact) mass is 351 g/mol. The first-order valence-corrected chi connectivity index (χ1v) is 9.04. The van der Waals surface area contributed by atoms with Crippen LogP contribution >= 0.6 is 7.60 Å². The van der Waals surface area contributed by atoms with Gasteiger partial charge in [0.05, 0.1) is 17.5 Å². The Labute approximate surface area is 137 Å². The number of aromatic nitrogens is 2. The van der Waals surface area contributed by atoms with E-state index in [9.17, 15) is 14.4 Å². The van der Waals surface area contributed by atoms with Crippen molar-refractivity contribution in [1.82, 2.24) is 9.55 Å². The Balaban J connectivity index is 2.20. The van der Waals surface area contributed by atoms with Crippen LogP contribution in [0.5, 0.6) is 0 Å². The predicted molar refractivity (Wildman–Crippen MR) is 89.8 cm³/mol. The van der Waals surface area contributed by atoms with Gasteiger partial charge in [0, 0.05) is 13.2 Å². The highest BCUT2D eigenvalue weighted by Crippen LogP contribution is 2.39. The van der Waals surface area contributed by atoms with Crippen LogP contribution in [-0.4, -0.2) is 31.1 Å². The molecule has 0 spiro atoms. The third kappa shape index (κ3) is 2.97. The molecule has 0 fully saturated rings. The zero-order valence-corrected chi connectivity index (χ0v) is 13.7. The molecule has 3 rings (SSSR count). The SMILES string of the molecule is Nc1cccc2c1nc(-c1occc1P(=O)(O)O)n2CCCCO. The van der Waals surface area contributed by atoms with Gasteiger partial charge in [0.15, 0.2) is 11.6 Å². The second kappa shape index (κ2) is 6.41. The number of benzene rings is 1. The van der Waals surface area contributed by atoms with E-state index in [-0.39, 0.29) is 17.7 Å². The van der Waals surface area contributed by atoms with Gasteiger partial charge in [-0.05, 0) is 31.0 Å². The van der Waals surface area contributed by atoms with Crippen molar-refractivity contribution in [2.24, 2.45) is 0 Å². The summed E-state index contributed by atoms with van der Waals surface area (Å²) in [4.78, 5) is 23.5. The molecular formula is C15H18N3O5P. The van der Waals surface area contributed by atoms with E-state index in [0.717, 1.165) is 5.52 Å². The Morgan fingerprint density at radius 3 is 2.75 bits per heavy atom. The minimum atomic E-state index is -4.50. The number of imidazole rings is 1. The molecule has 0 aliphatic carbocycles. The van der Waals surface area contributed by atoms with Gasteiger partial charge in [-0.25, -0.2) is 4.98 Å². The molecule has 5 N–H and O–H groups in total. The van der Waals surface area contributed by atoms with Gasteiger partial charge in [-0.3, -0.25) is 4.57 Å². The van der Waals surface area contributed by atoms with Crippen LogP contribution in [0.15, 0.2) is 34.9 Å². The van der Waals surface area contributed by atoms with Crippen molar-refractivity contribution < 1.29 is 23.9 Å². The van der Waals surface area contributed by atoms with Gasteiger partial charge in [0.2, 0.25) is 0 Å². The number of anilines is 1. The molecule has 0 radical (unpaired) electrons. The molecular weight excluding hydrogens is 333 g/mol. The van der Waals surface area contributed by atoms with Crippen LogP contribution in [0, 0.1) is 0 Å². The summed E-state index contributed by atoms with van der Waals surface area (Å²) in [6.45, 7) is 0.579. The van der Waals surface area contributed by atoms with E-state index < -0.39 is 7.60 Å². The fourth-order valence-electron chi connectivity index (χ4n) is 2.65. The van der Waals surface area contributed by atoms with Crippen molar-refractivity contribution >= 4 is 29.6 Å². The Morgan fingerprint density at radius 1 is 1.25 bits per heavy atom. The molecule has 9 heteroatoms. The van der Waals surface area contributed by atoms with Gasteiger partial charge in [0.1, 0.15) is 10.8 Å². The van der Waals surface area contributed by atoms with Crippen molar-refractivity contribution in [1.29, 1.82) is 0 Å². The van der Waals surface area contributed by atoms with Crippen LogP contribution in [0.4, 0.5) is 5.69 Å². The zero-order valence-electron chi connectivity index (χ0n) is 12.8. The minimum absolute atomic E-state index is 0.0305. The Bertz CT molecular complexity index is 911. The topological polar surface area (TPSA) is 135 Å². The second-order valence-electron chi connectivity index (χ2n) is 5.41. The Kier molecular flexibility index (Phi) is 4.47. The molecule has 2 heterocycles. The summed E-state index contributed by atoms with van der Waals surface area (Å²) in [6, 6.07) is 6.58. The number of nitrogen functional groups attached to an aromatic ring is 1. The smallest absolute Gasteiger partial charge is 0.360 e. The summed E-state index contributed by atoms with van der Waals surface area (Å²) in [5.74, 6) is 0.340. The van der Waals surface area contributed by atoms with Gasteiger partial charge < -0.3 is 29.6 Å². The number of aliphatic hydroxyl groups is 1. The molecule has 0 aliphatic rings. The summed E-state index contributed by atoms with van der Waals surface area (Å²) >= 11 is 0. The molecule has 24 heavy (non-hydrogen) atoms. The normalized spacial score (nSPS) is 12.1. The van der Waals surface area contributed by atoms with Crippen molar-refractivity contribution in [2.45, 2.75) is 19.4 Å². The van der Waals surface area contributed by atoms with E-state index in [1.165, 1.54) is 12.3 Å². The van der Waals surface area contributed by atoms with Gasteiger partial charge >= 0.3 is 7.60 Å². The molecule has 0 aliphatic heterocycles. The highest BCUT2D eigenvalue weighted by Gasteiger charge is 2.28. The molecule has 0 amide bonds. The average molecular weight is 351 g/mol. The van der Waals surface area contributed by atoms with Gasteiger partial charge in [-0.2, -0.15) is 0 Å². The lowest BCUT2D eigenvalue weighted by atomic mass is 10.2. The number of aryl methyl sites for hydroxylation is 1. The predicted octanol–water partition coefficient (Wildman–Crippen LogP) is 1.45. The summed E-state index contributed by atoms with van der Waals surface area (Å²) in [6.07, 6.45) is 2.51. The number of unbranched alkanes of at least 4 members (excludes halogenated alkanes) is 1. The molecule has 8 nitrogen and oxygen atoms in total. The number of fused-ring (bicyclic) bond motifs is 1. The molecule has 3 aromatic rings. The maximum atomic E-state index is 11.7. The third-order valence-electron chi connectivity index (χ3n) is 3.76. The number of nitrogens with zero attached hydrogens (tertiary/aromatic N) is 2. The molecule has 0 saturated heterocycles. The molecule has 0 bridgehead atoms. The standard InChI is InChI=1S/C15H18N3O5P/c16-10-4-3-5-11-13(10)17-15(18(11)7-1-2-8-19)14-12(6-9-23-14)24(20,21)22/h3-6,9,19H,1-2,7-8,16H2,(H2,20,21,22). The van der Waals surface area contributed by atoms with E-state index in [1.54, 1.807) is 16.7 Å². The maximum Gasteiger partial charge on any atom is 0.360 e. The van der Waals surface area contributed by atoms with Crippen molar-refractivity contribution in [2.75, 3.05) is 12.3 Å². The molecule has 0 unspecified atom stereocenters. The molecule has 128 valence electrons. The van der Waals surface area contributed by atoms with Gasteiger partial charge in [-0.15, -0.1) is 0 Å². The number of nitrogens with two attached hydrogens (primary N) is 1. The highest BCUT2D eigenvalue weighted by atomic mass is 31.2. The number of hydrogen-bond donors (Lipinski definition) is 4. The van der Waals surface area contributed by atoms with Gasteiger partial charge in [0.25, 0.3) is 0 Å². The van der Waals surface area contributed by atoms with Crippen LogP contribution in [0.3, 0.4) is 0 Å². The molecule has 2 aromatic heterocycles. The quantitative estimate of drug-likeness (QED) is 0.300. The molecule has 0 saturated carbocycles. The van der Waals surface area contributed by atoms with E-state index in [0.29, 0.717) is 36.4 Å². The van der Waals surface area contributed by atoms with Crippen LogP contribution in [0.2, 0.25) is 0 Å². The van der Waals surface area contributed by atoms with Crippen LogP contribution in [0.25, 0.3) is 22.6 Å². The number of rotatable bonds is 6. The molecule has 1 aromatic carbocycles. The lowest BCUT2D eigenvalue weighted by molar-refractivity contribution is 0.281. The first kappa shape index (κ1) is 16.7. The summed E-state index contributed by atoms with van der Waals surface area (Å²) in [7, 11) is -4.50. The van der Waals surface area contributed by atoms with E-state index in [2.05, 4.69) is 4.98 Å². The van der Waals surface area contributed by atoms with E-state index >= 15 is 0 Å². The van der Waals surface area contributed by atoms with Crippen molar-refractivity contribution in [3.63, 3.8) is 0 Å².